The molecule has 3 N–H and O–H groups in total. The number of carbonyl (C=O) groups is 3. The van der Waals surface area contributed by atoms with Gasteiger partial charge in [0.2, 0.25) is 0 Å². The van der Waals surface area contributed by atoms with Gasteiger partial charge in [0.25, 0.3) is 5.91 Å². The van der Waals surface area contributed by atoms with E-state index in [1.807, 2.05) is 61.5 Å². The summed E-state index contributed by atoms with van der Waals surface area (Å²) in [5.74, 6) is -1.55. The summed E-state index contributed by atoms with van der Waals surface area (Å²) in [7, 11) is 0. The van der Waals surface area contributed by atoms with Crippen LogP contribution in [0, 0.1) is 6.92 Å². The minimum absolute atomic E-state index is 0.00646. The van der Waals surface area contributed by atoms with Crippen molar-refractivity contribution in [3.63, 3.8) is 0 Å². The van der Waals surface area contributed by atoms with Gasteiger partial charge in [-0.25, -0.2) is 4.79 Å². The van der Waals surface area contributed by atoms with Crippen molar-refractivity contribution < 1.29 is 23.4 Å². The molecule has 1 aliphatic rings. The molecule has 1 amide bonds. The molecule has 214 valence electrons. The van der Waals surface area contributed by atoms with Crippen LogP contribution in [0.3, 0.4) is 0 Å². The van der Waals surface area contributed by atoms with E-state index in [1.54, 1.807) is 39.0 Å². The van der Waals surface area contributed by atoms with Crippen LogP contribution in [0.5, 0.6) is 0 Å². The summed E-state index contributed by atoms with van der Waals surface area (Å²) in [6.45, 7) is 7.63. The first-order valence-corrected chi connectivity index (χ1v) is 13.7. The Morgan fingerprint density at radius 2 is 1.71 bits per heavy atom. The highest BCUT2D eigenvalue weighted by molar-refractivity contribution is 6.16. The van der Waals surface area contributed by atoms with E-state index in [-0.39, 0.29) is 12.3 Å². The van der Waals surface area contributed by atoms with Crippen LogP contribution in [-0.2, 0) is 18.6 Å². The number of nitrogens with two attached hydrogens (primary N) is 1. The van der Waals surface area contributed by atoms with Gasteiger partial charge < -0.3 is 25.0 Å². The number of aryl methyl sites for hydroxylation is 1. The Hall–Kier alpha value is -4.14. The molecule has 0 radical (unpaired) electrons. The number of nitrogens with one attached hydrogen (secondary N) is 1. The largest absolute Gasteiger partial charge is 0.459 e. The molecule has 1 aliphatic heterocycles. The molecule has 1 atom stereocenters. The van der Waals surface area contributed by atoms with Crippen LogP contribution in [0.2, 0.25) is 0 Å². The summed E-state index contributed by atoms with van der Waals surface area (Å²) in [6.07, 6.45) is 0.478. The zero-order valence-corrected chi connectivity index (χ0v) is 24.3. The predicted molar refractivity (Wildman–Crippen MR) is 161 cm³/mol. The number of ether oxygens (including phenoxy) is 1. The molecule has 1 heterocycles. The summed E-state index contributed by atoms with van der Waals surface area (Å²) in [6, 6.07) is 21.3. The van der Waals surface area contributed by atoms with Crippen molar-refractivity contribution in [2.75, 3.05) is 16.8 Å². The van der Waals surface area contributed by atoms with E-state index in [4.69, 9.17) is 22.3 Å². The second-order valence-corrected chi connectivity index (χ2v) is 11.1. The highest BCUT2D eigenvalue weighted by Gasteiger charge is 2.30. The topological polar surface area (TPSA) is 111 Å². The average molecular weight is 576 g/mol. The van der Waals surface area contributed by atoms with Crippen LogP contribution in [0.4, 0.5) is 17.1 Å². The van der Waals surface area contributed by atoms with Gasteiger partial charge in [0.15, 0.2) is 0 Å². The summed E-state index contributed by atoms with van der Waals surface area (Å²) < 4.78 is 9.96. The SMILES string of the molecule is Cc1ccc(N2CCC(=C(CC(N)C(=O)OC(C)(C)C)C(=O)Nc3ccccc3)c3ccccc32)cc1C(=O)OCl. The number of fused-ring (bicyclic) bond motifs is 1. The third kappa shape index (κ3) is 7.14. The first kappa shape index (κ1) is 29.8. The van der Waals surface area contributed by atoms with Crippen LogP contribution >= 0.6 is 11.9 Å². The van der Waals surface area contributed by atoms with Crippen LogP contribution in [0.1, 0.15) is 55.1 Å². The third-order valence-corrected chi connectivity index (χ3v) is 6.87. The summed E-state index contributed by atoms with van der Waals surface area (Å²) in [4.78, 5) is 40.9. The van der Waals surface area contributed by atoms with Gasteiger partial charge in [0.05, 0.1) is 5.56 Å². The molecule has 0 spiro atoms. The van der Waals surface area contributed by atoms with E-state index in [2.05, 4.69) is 14.5 Å². The molecule has 3 aromatic rings. The number of esters is 1. The number of hydrogen-bond acceptors (Lipinski definition) is 7. The van der Waals surface area contributed by atoms with Gasteiger partial charge in [0.1, 0.15) is 23.5 Å². The number of anilines is 3. The van der Waals surface area contributed by atoms with E-state index in [1.165, 1.54) is 0 Å². The molecular formula is C32H34ClN3O5. The van der Waals surface area contributed by atoms with Crippen molar-refractivity contribution in [3.05, 3.63) is 95.1 Å². The molecule has 0 bridgehead atoms. The van der Waals surface area contributed by atoms with Crippen molar-refractivity contribution in [2.45, 2.75) is 52.2 Å². The van der Waals surface area contributed by atoms with Crippen LogP contribution in [-0.4, -0.2) is 36.0 Å². The van der Waals surface area contributed by atoms with Crippen molar-refractivity contribution in [2.24, 2.45) is 5.73 Å². The van der Waals surface area contributed by atoms with Gasteiger partial charge in [-0.1, -0.05) is 42.5 Å². The van der Waals surface area contributed by atoms with Crippen molar-refractivity contribution in [1.29, 1.82) is 0 Å². The molecule has 0 saturated heterocycles. The lowest BCUT2D eigenvalue weighted by molar-refractivity contribution is -0.156. The van der Waals surface area contributed by atoms with Gasteiger partial charge in [-0.2, -0.15) is 0 Å². The Morgan fingerprint density at radius 3 is 2.39 bits per heavy atom. The zero-order chi connectivity index (χ0) is 29.7. The van der Waals surface area contributed by atoms with Crippen molar-refractivity contribution in [1.82, 2.24) is 0 Å². The maximum atomic E-state index is 13.8. The normalized spacial score (nSPS) is 14.9. The number of para-hydroxylation sites is 2. The number of halogens is 1. The first-order chi connectivity index (χ1) is 19.5. The second-order valence-electron chi connectivity index (χ2n) is 10.9. The minimum Gasteiger partial charge on any atom is -0.459 e. The van der Waals surface area contributed by atoms with E-state index in [0.717, 1.165) is 28.1 Å². The number of amides is 1. The maximum Gasteiger partial charge on any atom is 0.356 e. The fraction of sp³-hybridized carbons (Fsp3) is 0.281. The summed E-state index contributed by atoms with van der Waals surface area (Å²) >= 11 is 5.37. The average Bonchev–Trinajstić information content (AvgIpc) is 2.95. The Bertz CT molecular complexity index is 1480. The lowest BCUT2D eigenvalue weighted by atomic mass is 9.88. The predicted octanol–water partition coefficient (Wildman–Crippen LogP) is 6.30. The van der Waals surface area contributed by atoms with E-state index in [0.29, 0.717) is 29.8 Å². The molecule has 0 aromatic heterocycles. The van der Waals surface area contributed by atoms with E-state index >= 15 is 0 Å². The molecule has 1 unspecified atom stereocenters. The molecule has 9 heteroatoms. The van der Waals surface area contributed by atoms with Crippen molar-refractivity contribution in [3.8, 4) is 0 Å². The highest BCUT2D eigenvalue weighted by Crippen LogP contribution is 2.41. The maximum absolute atomic E-state index is 13.8. The third-order valence-electron chi connectivity index (χ3n) is 6.73. The molecule has 8 nitrogen and oxygen atoms in total. The number of nitrogens with zero attached hydrogens (tertiary/aromatic N) is 1. The Kier molecular flexibility index (Phi) is 9.15. The number of benzene rings is 3. The second kappa shape index (κ2) is 12.6. The van der Waals surface area contributed by atoms with Crippen LogP contribution in [0.15, 0.2) is 78.4 Å². The highest BCUT2D eigenvalue weighted by atomic mass is 35.5. The Balaban J connectivity index is 1.77. The standard InChI is InChI=1S/C32H34ClN3O5/c1-20-14-15-22(18-25(20)30(38)41-33)36-17-16-23(24-12-8-9-13-28(24)36)26(19-27(34)31(39)40-32(2,3)4)29(37)35-21-10-6-5-7-11-21/h5-15,18,27H,16-17,19,34H2,1-4H3,(H,35,37). The number of rotatable bonds is 7. The number of hydrogen-bond donors (Lipinski definition) is 2. The Labute approximate surface area is 245 Å². The van der Waals surface area contributed by atoms with Crippen LogP contribution in [0.25, 0.3) is 5.57 Å². The quantitative estimate of drug-likeness (QED) is 0.251. The molecular weight excluding hydrogens is 542 g/mol. The lowest BCUT2D eigenvalue weighted by Gasteiger charge is -2.34. The molecule has 0 aliphatic carbocycles. The van der Waals surface area contributed by atoms with Crippen LogP contribution < -0.4 is 16.0 Å². The molecule has 4 rings (SSSR count). The summed E-state index contributed by atoms with van der Waals surface area (Å²) in [5, 5.41) is 2.96. The van der Waals surface area contributed by atoms with Gasteiger partial charge in [-0.3, -0.25) is 9.59 Å². The van der Waals surface area contributed by atoms with E-state index in [9.17, 15) is 14.4 Å². The molecule has 41 heavy (non-hydrogen) atoms. The molecule has 3 aromatic carbocycles. The minimum atomic E-state index is -1.04. The monoisotopic (exact) mass is 575 g/mol. The zero-order valence-electron chi connectivity index (χ0n) is 23.6. The first-order valence-electron chi connectivity index (χ1n) is 13.4. The molecule has 0 fully saturated rings. The van der Waals surface area contributed by atoms with Gasteiger partial charge >= 0.3 is 11.9 Å². The number of carbonyl (C=O) groups excluding carboxylic acids is 3. The van der Waals surface area contributed by atoms with E-state index < -0.39 is 23.6 Å². The fourth-order valence-electron chi connectivity index (χ4n) is 4.83. The smallest absolute Gasteiger partial charge is 0.356 e. The fourth-order valence-corrected chi connectivity index (χ4v) is 4.91. The lowest BCUT2D eigenvalue weighted by Crippen LogP contribution is -2.39. The summed E-state index contributed by atoms with van der Waals surface area (Å²) in [5.41, 5.74) is 11.0. The Morgan fingerprint density at radius 1 is 1.02 bits per heavy atom. The van der Waals surface area contributed by atoms with Gasteiger partial charge in [-0.15, -0.1) is 0 Å². The van der Waals surface area contributed by atoms with Gasteiger partial charge in [0, 0.05) is 41.2 Å². The molecule has 0 saturated carbocycles. The van der Waals surface area contributed by atoms with Crippen molar-refractivity contribution >= 4 is 52.3 Å². The van der Waals surface area contributed by atoms with Gasteiger partial charge in [-0.05, 0) is 75.6 Å².